The predicted octanol–water partition coefficient (Wildman–Crippen LogP) is 2.87. The molecule has 3 aromatic rings. The second-order valence-corrected chi connectivity index (χ2v) is 5.45. The van der Waals surface area contributed by atoms with Crippen LogP contribution in [0.4, 0.5) is 0 Å². The molecule has 0 saturated heterocycles. The van der Waals surface area contributed by atoms with Gasteiger partial charge < -0.3 is 0 Å². The summed E-state index contributed by atoms with van der Waals surface area (Å²) < 4.78 is 1.82. The Morgan fingerprint density at radius 2 is 2.16 bits per heavy atom. The summed E-state index contributed by atoms with van der Waals surface area (Å²) in [4.78, 5) is 4.90. The fourth-order valence-corrected chi connectivity index (χ4v) is 2.46. The van der Waals surface area contributed by atoms with Gasteiger partial charge in [-0.25, -0.2) is 0 Å². The summed E-state index contributed by atoms with van der Waals surface area (Å²) in [6, 6.07) is 3.92. The average Bonchev–Trinajstić information content (AvgIpc) is 2.96. The number of pyridine rings is 1. The molecule has 96 valence electrons. The van der Waals surface area contributed by atoms with Crippen molar-refractivity contribution >= 4 is 28.4 Å². The molecule has 0 spiro atoms. The molecule has 3 aromatic heterocycles. The van der Waals surface area contributed by atoms with Gasteiger partial charge in [0.15, 0.2) is 5.82 Å². The quantitative estimate of drug-likeness (QED) is 0.735. The van der Waals surface area contributed by atoms with Gasteiger partial charge in [0.25, 0.3) is 0 Å². The monoisotopic (exact) mass is 271 g/mol. The first-order valence-electron chi connectivity index (χ1n) is 6.04. The first kappa shape index (κ1) is 12.0. The largest absolute Gasteiger partial charge is 0.264 e. The zero-order valence-electron chi connectivity index (χ0n) is 10.7. The molecule has 3 rings (SSSR count). The second-order valence-electron chi connectivity index (χ2n) is 4.47. The Morgan fingerprint density at radius 1 is 1.26 bits per heavy atom. The van der Waals surface area contributed by atoms with Crippen LogP contribution in [0.15, 0.2) is 24.5 Å². The normalized spacial score (nSPS) is 11.9. The molecule has 19 heavy (non-hydrogen) atoms. The lowest BCUT2D eigenvalue weighted by Gasteiger charge is -1.97. The average molecular weight is 271 g/mol. The van der Waals surface area contributed by atoms with Crippen LogP contribution in [0, 0.1) is 0 Å². The molecule has 0 aliphatic carbocycles. The van der Waals surface area contributed by atoms with E-state index in [0.29, 0.717) is 5.92 Å². The van der Waals surface area contributed by atoms with E-state index in [-0.39, 0.29) is 0 Å². The fourth-order valence-electron chi connectivity index (χ4n) is 1.72. The Morgan fingerprint density at radius 3 is 2.89 bits per heavy atom. The molecule has 0 aliphatic rings. The molecule has 0 saturated carbocycles. The van der Waals surface area contributed by atoms with Crippen molar-refractivity contribution < 1.29 is 0 Å². The molecule has 0 aromatic carbocycles. The molecule has 0 fully saturated rings. The summed E-state index contributed by atoms with van der Waals surface area (Å²) in [5, 5.41) is 13.7. The van der Waals surface area contributed by atoms with E-state index in [1.807, 2.05) is 35.0 Å². The summed E-state index contributed by atoms with van der Waals surface area (Å²) >= 11 is 1.53. The Kier molecular flexibility index (Phi) is 3.08. The van der Waals surface area contributed by atoms with Crippen molar-refractivity contribution in [2.75, 3.05) is 0 Å². The van der Waals surface area contributed by atoms with E-state index in [4.69, 9.17) is 0 Å². The first-order valence-corrected chi connectivity index (χ1v) is 6.86. The number of hydrogen-bond donors (Lipinski definition) is 0. The maximum atomic E-state index is 4.51. The van der Waals surface area contributed by atoms with Crippen molar-refractivity contribution in [2.24, 2.45) is 0 Å². The Labute approximate surface area is 114 Å². The SMILES string of the molecule is CC(C)c1nnc2sc(C=Cc3cccnc3)nn12. The number of aromatic nitrogens is 5. The molecule has 0 bridgehead atoms. The third-order valence-electron chi connectivity index (χ3n) is 2.65. The maximum Gasteiger partial charge on any atom is 0.234 e. The highest BCUT2D eigenvalue weighted by atomic mass is 32.1. The molecular weight excluding hydrogens is 258 g/mol. The second kappa shape index (κ2) is 4.89. The van der Waals surface area contributed by atoms with Gasteiger partial charge in [0.2, 0.25) is 4.96 Å². The topological polar surface area (TPSA) is 56.0 Å². The molecule has 0 aliphatic heterocycles. The predicted molar refractivity (Wildman–Crippen MR) is 75.9 cm³/mol. The van der Waals surface area contributed by atoms with E-state index in [1.54, 1.807) is 6.20 Å². The first-order chi connectivity index (χ1) is 9.24. The Hall–Kier alpha value is -2.08. The number of fused-ring (bicyclic) bond motifs is 1. The maximum absolute atomic E-state index is 4.51. The van der Waals surface area contributed by atoms with Crippen LogP contribution in [0.3, 0.4) is 0 Å². The van der Waals surface area contributed by atoms with E-state index >= 15 is 0 Å². The highest BCUT2D eigenvalue weighted by molar-refractivity contribution is 7.17. The van der Waals surface area contributed by atoms with Crippen molar-refractivity contribution in [3.05, 3.63) is 40.9 Å². The van der Waals surface area contributed by atoms with Gasteiger partial charge in [0.05, 0.1) is 0 Å². The Bertz CT molecular complexity index is 711. The molecule has 0 N–H and O–H groups in total. The van der Waals surface area contributed by atoms with Gasteiger partial charge in [-0.15, -0.1) is 10.2 Å². The van der Waals surface area contributed by atoms with Gasteiger partial charge in [-0.2, -0.15) is 9.61 Å². The van der Waals surface area contributed by atoms with Crippen LogP contribution in [0.25, 0.3) is 17.1 Å². The van der Waals surface area contributed by atoms with Crippen LogP contribution in [0.2, 0.25) is 0 Å². The summed E-state index contributed by atoms with van der Waals surface area (Å²) in [7, 11) is 0. The molecule has 0 atom stereocenters. The molecular formula is C13H13N5S. The van der Waals surface area contributed by atoms with Crippen LogP contribution >= 0.6 is 11.3 Å². The van der Waals surface area contributed by atoms with Crippen LogP contribution in [0.1, 0.15) is 36.2 Å². The minimum Gasteiger partial charge on any atom is -0.264 e. The number of rotatable bonds is 3. The molecule has 0 radical (unpaired) electrons. The van der Waals surface area contributed by atoms with Gasteiger partial charge in [0.1, 0.15) is 5.01 Å². The zero-order chi connectivity index (χ0) is 13.2. The van der Waals surface area contributed by atoms with Crippen molar-refractivity contribution in [2.45, 2.75) is 19.8 Å². The summed E-state index contributed by atoms with van der Waals surface area (Å²) in [6.45, 7) is 4.17. The lowest BCUT2D eigenvalue weighted by Crippen LogP contribution is -1.97. The highest BCUT2D eigenvalue weighted by Gasteiger charge is 2.12. The van der Waals surface area contributed by atoms with Crippen LogP contribution in [-0.4, -0.2) is 24.8 Å². The van der Waals surface area contributed by atoms with Gasteiger partial charge in [-0.3, -0.25) is 4.98 Å². The van der Waals surface area contributed by atoms with Gasteiger partial charge in [-0.05, 0) is 17.7 Å². The van der Waals surface area contributed by atoms with Crippen LogP contribution < -0.4 is 0 Å². The molecule has 6 heteroatoms. The third kappa shape index (κ3) is 2.39. The van der Waals surface area contributed by atoms with E-state index in [9.17, 15) is 0 Å². The minimum absolute atomic E-state index is 0.312. The lowest BCUT2D eigenvalue weighted by molar-refractivity contribution is 0.724. The lowest BCUT2D eigenvalue weighted by atomic mass is 10.2. The van der Waals surface area contributed by atoms with Crippen molar-refractivity contribution in [1.82, 2.24) is 24.8 Å². The zero-order valence-corrected chi connectivity index (χ0v) is 11.5. The summed E-state index contributed by atoms with van der Waals surface area (Å²) in [5.41, 5.74) is 1.05. The highest BCUT2D eigenvalue weighted by Crippen LogP contribution is 2.19. The van der Waals surface area contributed by atoms with E-state index in [1.165, 1.54) is 11.3 Å². The third-order valence-corrected chi connectivity index (χ3v) is 3.51. The van der Waals surface area contributed by atoms with E-state index in [2.05, 4.69) is 34.1 Å². The fraction of sp³-hybridized carbons (Fsp3) is 0.231. The van der Waals surface area contributed by atoms with Crippen LogP contribution in [-0.2, 0) is 0 Å². The van der Waals surface area contributed by atoms with Crippen molar-refractivity contribution in [1.29, 1.82) is 0 Å². The molecule has 0 unspecified atom stereocenters. The van der Waals surface area contributed by atoms with Crippen molar-refractivity contribution in [3.8, 4) is 0 Å². The molecule has 0 amide bonds. The van der Waals surface area contributed by atoms with E-state index in [0.717, 1.165) is 21.4 Å². The Balaban J connectivity index is 1.92. The minimum atomic E-state index is 0.312. The van der Waals surface area contributed by atoms with Gasteiger partial charge in [0, 0.05) is 18.3 Å². The molecule has 3 heterocycles. The van der Waals surface area contributed by atoms with Crippen molar-refractivity contribution in [3.63, 3.8) is 0 Å². The van der Waals surface area contributed by atoms with Crippen LogP contribution in [0.5, 0.6) is 0 Å². The van der Waals surface area contributed by atoms with Gasteiger partial charge >= 0.3 is 0 Å². The smallest absolute Gasteiger partial charge is 0.234 e. The van der Waals surface area contributed by atoms with Gasteiger partial charge in [-0.1, -0.05) is 37.3 Å². The number of hydrogen-bond acceptors (Lipinski definition) is 5. The van der Waals surface area contributed by atoms with E-state index < -0.39 is 0 Å². The standard InChI is InChI=1S/C13H13N5S/c1-9(2)12-15-16-13-18(12)17-11(19-13)6-5-10-4-3-7-14-8-10/h3-9H,1-2H3. The number of nitrogens with zero attached hydrogens (tertiary/aromatic N) is 5. The molecule has 5 nitrogen and oxygen atoms in total. The summed E-state index contributed by atoms with van der Waals surface area (Å²) in [6.07, 6.45) is 7.54. The summed E-state index contributed by atoms with van der Waals surface area (Å²) in [5.74, 6) is 1.21.